The molecule has 2 aromatic heterocycles. The van der Waals surface area contributed by atoms with Crippen LogP contribution >= 0.6 is 11.3 Å². The summed E-state index contributed by atoms with van der Waals surface area (Å²) < 4.78 is 13.8. The summed E-state index contributed by atoms with van der Waals surface area (Å²) in [6.45, 7) is 8.66. The summed E-state index contributed by atoms with van der Waals surface area (Å²) in [5, 5.41) is 2.56. The number of hydrogen-bond acceptors (Lipinski definition) is 5. The first kappa shape index (κ1) is 17.5. The molecule has 1 aliphatic heterocycles. The minimum atomic E-state index is -0.374. The van der Waals surface area contributed by atoms with E-state index in [1.165, 1.54) is 11.3 Å². The fourth-order valence-electron chi connectivity index (χ4n) is 2.96. The van der Waals surface area contributed by atoms with Crippen molar-refractivity contribution in [3.63, 3.8) is 0 Å². The van der Waals surface area contributed by atoms with E-state index in [9.17, 15) is 4.79 Å². The van der Waals surface area contributed by atoms with Crippen LogP contribution in [0.4, 0.5) is 0 Å². The molecule has 1 fully saturated rings. The minimum Gasteiger partial charge on any atom is -0.399 e. The first-order valence-corrected chi connectivity index (χ1v) is 9.52. The van der Waals surface area contributed by atoms with Crippen LogP contribution in [0.5, 0.6) is 0 Å². The van der Waals surface area contributed by atoms with Gasteiger partial charge in [0.2, 0.25) is 0 Å². The Labute approximate surface area is 156 Å². The molecular weight excluding hydrogens is 347 g/mol. The fraction of sp³-hybridized carbons (Fsp3) is 0.368. The molecule has 26 heavy (non-hydrogen) atoms. The monoisotopic (exact) mass is 368 g/mol. The summed E-state index contributed by atoms with van der Waals surface area (Å²) in [6, 6.07) is 9.83. The van der Waals surface area contributed by atoms with E-state index >= 15 is 0 Å². The van der Waals surface area contributed by atoms with E-state index in [0.717, 1.165) is 15.9 Å². The Balaban J connectivity index is 1.55. The highest BCUT2D eigenvalue weighted by Gasteiger charge is 2.51. The lowest BCUT2D eigenvalue weighted by atomic mass is 9.79. The normalized spacial score (nSPS) is 18.5. The molecule has 134 valence electrons. The molecule has 4 rings (SSSR count). The van der Waals surface area contributed by atoms with Crippen molar-refractivity contribution in [2.24, 2.45) is 0 Å². The molecule has 3 aromatic rings. The topological polar surface area (TPSA) is 53.4 Å². The summed E-state index contributed by atoms with van der Waals surface area (Å²) >= 11 is 1.48. The van der Waals surface area contributed by atoms with Gasteiger partial charge < -0.3 is 9.31 Å². The van der Waals surface area contributed by atoms with Crippen molar-refractivity contribution in [1.82, 2.24) is 9.55 Å². The van der Waals surface area contributed by atoms with E-state index < -0.39 is 0 Å². The SMILES string of the molecule is CC1(C)OB(c2ccc(Cn3cnc4sccc4c3=O)cc2)OC1(C)C. The highest BCUT2D eigenvalue weighted by molar-refractivity contribution is 7.16. The lowest BCUT2D eigenvalue weighted by Gasteiger charge is -2.32. The molecule has 1 saturated heterocycles. The molecule has 0 spiro atoms. The van der Waals surface area contributed by atoms with E-state index in [4.69, 9.17) is 9.31 Å². The maximum Gasteiger partial charge on any atom is 0.494 e. The molecule has 5 nitrogen and oxygen atoms in total. The quantitative estimate of drug-likeness (QED) is 0.668. The summed E-state index contributed by atoms with van der Waals surface area (Å²) in [6.07, 6.45) is 1.61. The van der Waals surface area contributed by atoms with Gasteiger partial charge in [0.25, 0.3) is 5.56 Å². The van der Waals surface area contributed by atoms with E-state index in [-0.39, 0.29) is 23.9 Å². The number of thiophene rings is 1. The number of rotatable bonds is 3. The van der Waals surface area contributed by atoms with Gasteiger partial charge in [0.15, 0.2) is 0 Å². The Kier molecular flexibility index (Phi) is 4.06. The summed E-state index contributed by atoms with van der Waals surface area (Å²) in [4.78, 5) is 17.6. The van der Waals surface area contributed by atoms with E-state index in [1.54, 1.807) is 10.9 Å². The van der Waals surface area contributed by atoms with Gasteiger partial charge in [-0.05, 0) is 50.2 Å². The van der Waals surface area contributed by atoms with E-state index in [2.05, 4.69) is 4.98 Å². The van der Waals surface area contributed by atoms with Crippen molar-refractivity contribution >= 4 is 34.1 Å². The van der Waals surface area contributed by atoms with Crippen LogP contribution in [-0.4, -0.2) is 27.9 Å². The number of fused-ring (bicyclic) bond motifs is 1. The second-order valence-electron chi connectivity index (χ2n) is 7.65. The van der Waals surface area contributed by atoms with Crippen molar-refractivity contribution in [3.8, 4) is 0 Å². The first-order chi connectivity index (χ1) is 12.3. The molecule has 0 radical (unpaired) electrons. The van der Waals surface area contributed by atoms with Crippen LogP contribution in [-0.2, 0) is 15.9 Å². The second kappa shape index (κ2) is 6.04. The van der Waals surface area contributed by atoms with E-state index in [1.807, 2.05) is 63.4 Å². The predicted octanol–water partition coefficient (Wildman–Crippen LogP) is 2.81. The lowest BCUT2D eigenvalue weighted by Crippen LogP contribution is -2.41. The van der Waals surface area contributed by atoms with Crippen LogP contribution in [0.2, 0.25) is 0 Å². The Morgan fingerprint density at radius 2 is 1.73 bits per heavy atom. The van der Waals surface area contributed by atoms with Crippen molar-refractivity contribution < 1.29 is 9.31 Å². The molecule has 7 heteroatoms. The maximum absolute atomic E-state index is 12.5. The van der Waals surface area contributed by atoms with Gasteiger partial charge in [0.1, 0.15) is 4.83 Å². The third-order valence-electron chi connectivity index (χ3n) is 5.31. The van der Waals surface area contributed by atoms with Crippen LogP contribution in [0, 0.1) is 0 Å². The highest BCUT2D eigenvalue weighted by atomic mass is 32.1. The molecule has 0 saturated carbocycles. The molecule has 0 amide bonds. The molecule has 0 atom stereocenters. The van der Waals surface area contributed by atoms with Gasteiger partial charge in [-0.3, -0.25) is 9.36 Å². The van der Waals surface area contributed by atoms with Gasteiger partial charge >= 0.3 is 7.12 Å². The average Bonchev–Trinajstić information content (AvgIpc) is 3.14. The first-order valence-electron chi connectivity index (χ1n) is 8.64. The van der Waals surface area contributed by atoms with Crippen molar-refractivity contribution in [2.75, 3.05) is 0 Å². The van der Waals surface area contributed by atoms with Crippen LogP contribution in [0.1, 0.15) is 33.3 Å². The van der Waals surface area contributed by atoms with Crippen LogP contribution in [0.15, 0.2) is 46.8 Å². The molecule has 0 N–H and O–H groups in total. The highest BCUT2D eigenvalue weighted by Crippen LogP contribution is 2.36. The van der Waals surface area contributed by atoms with Gasteiger partial charge in [-0.1, -0.05) is 24.3 Å². The van der Waals surface area contributed by atoms with Crippen molar-refractivity contribution in [1.29, 1.82) is 0 Å². The molecular formula is C19H21BN2O3S. The number of nitrogens with zero attached hydrogens (tertiary/aromatic N) is 2. The molecule has 1 aliphatic rings. The molecule has 0 aliphatic carbocycles. The number of aromatic nitrogens is 2. The summed E-state index contributed by atoms with van der Waals surface area (Å²) in [5.41, 5.74) is 1.29. The predicted molar refractivity (Wildman–Crippen MR) is 105 cm³/mol. The van der Waals surface area contributed by atoms with Crippen LogP contribution in [0.25, 0.3) is 10.2 Å². The number of hydrogen-bond donors (Lipinski definition) is 0. The van der Waals surface area contributed by atoms with Crippen molar-refractivity contribution in [3.05, 3.63) is 58.0 Å². The zero-order valence-corrected chi connectivity index (χ0v) is 16.2. The van der Waals surface area contributed by atoms with E-state index in [0.29, 0.717) is 11.9 Å². The van der Waals surface area contributed by atoms with Gasteiger partial charge in [-0.2, -0.15) is 0 Å². The zero-order valence-electron chi connectivity index (χ0n) is 15.4. The Bertz CT molecular complexity index is 992. The Morgan fingerprint density at radius 1 is 1.08 bits per heavy atom. The third-order valence-corrected chi connectivity index (χ3v) is 6.13. The average molecular weight is 368 g/mol. The molecule has 1 aromatic carbocycles. The zero-order chi connectivity index (χ0) is 18.5. The minimum absolute atomic E-state index is 0.00807. The summed E-state index contributed by atoms with van der Waals surface area (Å²) in [5.74, 6) is 0. The third kappa shape index (κ3) is 2.90. The smallest absolute Gasteiger partial charge is 0.399 e. The van der Waals surface area contributed by atoms with Crippen LogP contribution in [0.3, 0.4) is 0 Å². The van der Waals surface area contributed by atoms with Crippen molar-refractivity contribution in [2.45, 2.75) is 45.4 Å². The fourth-order valence-corrected chi connectivity index (χ4v) is 3.69. The van der Waals surface area contributed by atoms with Crippen LogP contribution < -0.4 is 11.0 Å². The molecule has 0 bridgehead atoms. The Hall–Kier alpha value is -1.96. The van der Waals surface area contributed by atoms with Gasteiger partial charge in [-0.15, -0.1) is 11.3 Å². The standard InChI is InChI=1S/C19H21BN2O3S/c1-18(2)19(3,4)25-20(24-18)14-7-5-13(6-8-14)11-22-12-21-16-15(17(22)23)9-10-26-16/h5-10,12H,11H2,1-4H3. The van der Waals surface area contributed by atoms with Gasteiger partial charge in [-0.25, -0.2) is 4.98 Å². The Morgan fingerprint density at radius 3 is 2.38 bits per heavy atom. The molecule has 0 unspecified atom stereocenters. The van der Waals surface area contributed by atoms with Gasteiger partial charge in [0, 0.05) is 0 Å². The van der Waals surface area contributed by atoms with Gasteiger partial charge in [0.05, 0.1) is 29.5 Å². The number of benzene rings is 1. The second-order valence-corrected chi connectivity index (χ2v) is 8.54. The largest absolute Gasteiger partial charge is 0.494 e. The summed E-state index contributed by atoms with van der Waals surface area (Å²) in [7, 11) is -0.374. The lowest BCUT2D eigenvalue weighted by molar-refractivity contribution is 0.00578. The maximum atomic E-state index is 12.5. The molecule has 3 heterocycles.